The molecule has 0 aliphatic heterocycles. The first-order valence-electron chi connectivity index (χ1n) is 11.0. The van der Waals surface area contributed by atoms with Gasteiger partial charge in [-0.25, -0.2) is 0 Å². The van der Waals surface area contributed by atoms with Crippen molar-refractivity contribution in [3.63, 3.8) is 0 Å². The van der Waals surface area contributed by atoms with Crippen molar-refractivity contribution < 1.29 is 19.4 Å². The monoisotopic (exact) mass is 384 g/mol. The number of rotatable bonds is 18. The molecule has 0 aliphatic carbocycles. The van der Waals surface area contributed by atoms with Crippen LogP contribution in [0.2, 0.25) is 0 Å². The van der Waals surface area contributed by atoms with Gasteiger partial charge in [-0.05, 0) is 6.42 Å². The molecule has 160 valence electrons. The number of hydrogen-bond donors (Lipinski definition) is 1. The van der Waals surface area contributed by atoms with Crippen LogP contribution in [0.1, 0.15) is 117 Å². The zero-order chi connectivity index (χ0) is 20.6. The topological polar surface area (TPSA) is 63.6 Å². The average molecular weight is 385 g/mol. The Morgan fingerprint density at radius 1 is 0.778 bits per heavy atom. The van der Waals surface area contributed by atoms with Crippen LogP contribution in [-0.4, -0.2) is 23.7 Å². The highest BCUT2D eigenvalue weighted by Crippen LogP contribution is 2.13. The highest BCUT2D eigenvalue weighted by Gasteiger charge is 1.97. The molecule has 4 nitrogen and oxygen atoms in total. The van der Waals surface area contributed by atoms with Gasteiger partial charge < -0.3 is 9.84 Å². The maximum Gasteiger partial charge on any atom is 0.303 e. The van der Waals surface area contributed by atoms with Crippen LogP contribution in [0, 0.1) is 0 Å². The molecule has 0 aromatic carbocycles. The molecule has 0 radical (unpaired) electrons. The van der Waals surface area contributed by atoms with Crippen molar-refractivity contribution in [2.24, 2.45) is 0 Å². The maximum atomic E-state index is 10.3. The molecule has 4 heteroatoms. The summed E-state index contributed by atoms with van der Waals surface area (Å²) in [7, 11) is 0. The van der Waals surface area contributed by atoms with Gasteiger partial charge in [-0.15, -0.1) is 0 Å². The summed E-state index contributed by atoms with van der Waals surface area (Å²) in [5.41, 5.74) is 0. The average Bonchev–Trinajstić information content (AvgIpc) is 2.63. The molecule has 0 aromatic rings. The summed E-state index contributed by atoms with van der Waals surface area (Å²) in [6, 6.07) is 0. The van der Waals surface area contributed by atoms with E-state index in [1.165, 1.54) is 96.5 Å². The number of aliphatic carboxylic acids is 1. The van der Waals surface area contributed by atoms with Gasteiger partial charge in [-0.3, -0.25) is 9.59 Å². The Bertz CT molecular complexity index is 339. The van der Waals surface area contributed by atoms with Gasteiger partial charge in [0.1, 0.15) is 6.61 Å². The molecule has 0 unspecified atom stereocenters. The van der Waals surface area contributed by atoms with Crippen molar-refractivity contribution in [2.45, 2.75) is 117 Å². The summed E-state index contributed by atoms with van der Waals surface area (Å²) in [6.45, 7) is 7.30. The highest BCUT2D eigenvalue weighted by molar-refractivity contribution is 5.66. The molecule has 0 bridgehead atoms. The number of ether oxygens (including phenoxy) is 1. The van der Waals surface area contributed by atoms with Crippen molar-refractivity contribution in [3.05, 3.63) is 12.7 Å². The molecule has 1 N–H and O–H groups in total. The van der Waals surface area contributed by atoms with E-state index in [9.17, 15) is 9.59 Å². The molecule has 0 atom stereocenters. The number of carboxylic acid groups (broad SMARTS) is 1. The van der Waals surface area contributed by atoms with E-state index in [4.69, 9.17) is 5.11 Å². The summed E-state index contributed by atoms with van der Waals surface area (Å²) in [6.07, 6.45) is 21.7. The van der Waals surface area contributed by atoms with E-state index in [1.54, 1.807) is 0 Å². The lowest BCUT2D eigenvalue weighted by molar-refractivity contribution is -0.140. The molecular weight excluding hydrogens is 340 g/mol. The second-order valence-electron chi connectivity index (χ2n) is 7.18. The molecule has 0 rings (SSSR count). The Kier molecular flexibility index (Phi) is 25.5. The third-order valence-corrected chi connectivity index (χ3v) is 4.40. The molecule has 0 saturated heterocycles. The molecule has 0 spiro atoms. The minimum Gasteiger partial charge on any atom is -0.481 e. The fourth-order valence-corrected chi connectivity index (χ4v) is 2.82. The van der Waals surface area contributed by atoms with E-state index in [2.05, 4.69) is 18.2 Å². The molecule has 0 amide bonds. The van der Waals surface area contributed by atoms with Gasteiger partial charge >= 0.3 is 11.9 Å². The first kappa shape index (κ1) is 27.9. The Balaban J connectivity index is 0. The Morgan fingerprint density at radius 3 is 1.41 bits per heavy atom. The SMILES string of the molecule is C=CCOC(C)=O.CCCCCCCCCCCCCCCCCC(=O)O. The number of carbonyl (C=O) groups is 2. The maximum absolute atomic E-state index is 10.3. The number of esters is 1. The van der Waals surface area contributed by atoms with Gasteiger partial charge in [0, 0.05) is 13.3 Å². The van der Waals surface area contributed by atoms with Crippen LogP contribution < -0.4 is 0 Å². The van der Waals surface area contributed by atoms with E-state index in [1.807, 2.05) is 0 Å². The van der Waals surface area contributed by atoms with Crippen LogP contribution in [-0.2, 0) is 14.3 Å². The smallest absolute Gasteiger partial charge is 0.303 e. The van der Waals surface area contributed by atoms with Gasteiger partial charge in [0.2, 0.25) is 0 Å². The predicted octanol–water partition coefficient (Wildman–Crippen LogP) is 7.07. The number of carboxylic acids is 1. The normalized spacial score (nSPS) is 10.0. The van der Waals surface area contributed by atoms with Crippen LogP contribution in [0.3, 0.4) is 0 Å². The van der Waals surface area contributed by atoms with Crippen molar-refractivity contribution >= 4 is 11.9 Å². The first-order valence-corrected chi connectivity index (χ1v) is 11.0. The Labute approximate surface area is 167 Å². The largest absolute Gasteiger partial charge is 0.481 e. The minimum absolute atomic E-state index is 0.264. The molecule has 27 heavy (non-hydrogen) atoms. The van der Waals surface area contributed by atoms with Crippen LogP contribution in [0.25, 0.3) is 0 Å². The van der Waals surface area contributed by atoms with E-state index in [-0.39, 0.29) is 5.97 Å². The highest BCUT2D eigenvalue weighted by atomic mass is 16.5. The van der Waals surface area contributed by atoms with Gasteiger partial charge in [0.25, 0.3) is 0 Å². The lowest BCUT2D eigenvalue weighted by Gasteiger charge is -2.03. The molecule has 0 heterocycles. The second kappa shape index (κ2) is 24.7. The van der Waals surface area contributed by atoms with E-state index in [0.29, 0.717) is 13.0 Å². The third-order valence-electron chi connectivity index (χ3n) is 4.40. The first-order chi connectivity index (χ1) is 13.0. The van der Waals surface area contributed by atoms with Crippen molar-refractivity contribution in [3.8, 4) is 0 Å². The summed E-state index contributed by atoms with van der Waals surface area (Å²) in [5, 5.41) is 8.52. The number of unbranched alkanes of at least 4 members (excludes halogenated alkanes) is 14. The van der Waals surface area contributed by atoms with E-state index < -0.39 is 5.97 Å². The molecule has 0 fully saturated rings. The molecular formula is C23H44O4. The zero-order valence-corrected chi connectivity index (χ0v) is 18.0. The Morgan fingerprint density at radius 2 is 1.15 bits per heavy atom. The predicted molar refractivity (Wildman–Crippen MR) is 114 cm³/mol. The summed E-state index contributed by atoms with van der Waals surface area (Å²) < 4.78 is 4.43. The standard InChI is InChI=1S/C18H36O2.C5H8O2/c1-2-3-4-5-6-7-8-9-10-11-12-13-14-15-16-17-18(19)20;1-3-4-7-5(2)6/h2-17H2,1H3,(H,19,20);3H,1,4H2,2H3. The zero-order valence-electron chi connectivity index (χ0n) is 18.0. The number of hydrogen-bond acceptors (Lipinski definition) is 3. The van der Waals surface area contributed by atoms with Gasteiger partial charge in [0.05, 0.1) is 0 Å². The molecule has 0 aliphatic rings. The summed E-state index contributed by atoms with van der Waals surface area (Å²) >= 11 is 0. The van der Waals surface area contributed by atoms with Crippen molar-refractivity contribution in [2.75, 3.05) is 6.61 Å². The summed E-state index contributed by atoms with van der Waals surface area (Å²) in [5.74, 6) is -0.917. The fourth-order valence-electron chi connectivity index (χ4n) is 2.82. The lowest BCUT2D eigenvalue weighted by atomic mass is 10.0. The molecule has 0 aromatic heterocycles. The minimum atomic E-state index is -0.653. The lowest BCUT2D eigenvalue weighted by Crippen LogP contribution is -1.96. The van der Waals surface area contributed by atoms with Crippen molar-refractivity contribution in [1.82, 2.24) is 0 Å². The van der Waals surface area contributed by atoms with Crippen LogP contribution in [0.15, 0.2) is 12.7 Å². The summed E-state index contributed by atoms with van der Waals surface area (Å²) in [4.78, 5) is 20.3. The van der Waals surface area contributed by atoms with Crippen LogP contribution in [0.4, 0.5) is 0 Å². The fraction of sp³-hybridized carbons (Fsp3) is 0.826. The van der Waals surface area contributed by atoms with Crippen LogP contribution in [0.5, 0.6) is 0 Å². The Hall–Kier alpha value is -1.32. The van der Waals surface area contributed by atoms with Crippen LogP contribution >= 0.6 is 0 Å². The number of carbonyl (C=O) groups excluding carboxylic acids is 1. The molecule has 0 saturated carbocycles. The van der Waals surface area contributed by atoms with Gasteiger partial charge in [0.15, 0.2) is 0 Å². The van der Waals surface area contributed by atoms with Crippen molar-refractivity contribution in [1.29, 1.82) is 0 Å². The van der Waals surface area contributed by atoms with Gasteiger partial charge in [-0.2, -0.15) is 0 Å². The van der Waals surface area contributed by atoms with Gasteiger partial charge in [-0.1, -0.05) is 109 Å². The third kappa shape index (κ3) is 32.8. The second-order valence-corrected chi connectivity index (χ2v) is 7.18. The quantitative estimate of drug-likeness (QED) is 0.156. The van der Waals surface area contributed by atoms with E-state index in [0.717, 1.165) is 12.8 Å². The van der Waals surface area contributed by atoms with E-state index >= 15 is 0 Å².